The van der Waals surface area contributed by atoms with Crippen LogP contribution in [0, 0.1) is 19.8 Å². The highest BCUT2D eigenvalue weighted by molar-refractivity contribution is 7.89. The summed E-state index contributed by atoms with van der Waals surface area (Å²) in [6.45, 7) is 4.07. The number of rotatable bonds is 4. The SMILES string of the molecule is Cc1n[nH]c(C)c1S(=O)(=O)N(C)CC1CCC1. The van der Waals surface area contributed by atoms with E-state index < -0.39 is 10.0 Å². The molecule has 0 saturated heterocycles. The molecule has 1 heterocycles. The summed E-state index contributed by atoms with van der Waals surface area (Å²) < 4.78 is 26.2. The van der Waals surface area contributed by atoms with Crippen molar-refractivity contribution in [2.45, 2.75) is 38.0 Å². The molecule has 1 aromatic heterocycles. The monoisotopic (exact) mass is 257 g/mol. The number of nitrogens with one attached hydrogen (secondary N) is 1. The van der Waals surface area contributed by atoms with Gasteiger partial charge in [0.05, 0.1) is 11.4 Å². The van der Waals surface area contributed by atoms with Crippen LogP contribution in [-0.4, -0.2) is 36.5 Å². The number of hydrogen-bond donors (Lipinski definition) is 1. The molecule has 2 rings (SSSR count). The van der Waals surface area contributed by atoms with Gasteiger partial charge < -0.3 is 0 Å². The van der Waals surface area contributed by atoms with Crippen LogP contribution >= 0.6 is 0 Å². The van der Waals surface area contributed by atoms with Gasteiger partial charge in [0.2, 0.25) is 10.0 Å². The molecule has 17 heavy (non-hydrogen) atoms. The first-order chi connectivity index (χ1) is 7.93. The fourth-order valence-corrected chi connectivity index (χ4v) is 3.78. The summed E-state index contributed by atoms with van der Waals surface area (Å²) in [6, 6.07) is 0. The molecule has 1 aliphatic carbocycles. The van der Waals surface area contributed by atoms with E-state index in [-0.39, 0.29) is 0 Å². The lowest BCUT2D eigenvalue weighted by molar-refractivity contribution is 0.263. The topological polar surface area (TPSA) is 66.1 Å². The van der Waals surface area contributed by atoms with Crippen LogP contribution in [0.4, 0.5) is 0 Å². The van der Waals surface area contributed by atoms with Gasteiger partial charge in [-0.15, -0.1) is 0 Å². The fourth-order valence-electron chi connectivity index (χ4n) is 2.21. The Balaban J connectivity index is 2.23. The quantitative estimate of drug-likeness (QED) is 0.887. The zero-order valence-corrected chi connectivity index (χ0v) is 11.3. The zero-order chi connectivity index (χ0) is 12.6. The minimum absolute atomic E-state index is 0.333. The number of hydrogen-bond acceptors (Lipinski definition) is 3. The van der Waals surface area contributed by atoms with Gasteiger partial charge in [0.25, 0.3) is 0 Å². The second-order valence-electron chi connectivity index (χ2n) is 4.85. The lowest BCUT2D eigenvalue weighted by Gasteiger charge is -2.29. The van der Waals surface area contributed by atoms with E-state index in [4.69, 9.17) is 0 Å². The van der Waals surface area contributed by atoms with Gasteiger partial charge >= 0.3 is 0 Å². The highest BCUT2D eigenvalue weighted by atomic mass is 32.2. The number of H-pyrrole nitrogens is 1. The molecule has 0 spiro atoms. The third-order valence-corrected chi connectivity index (χ3v) is 5.56. The molecular weight excluding hydrogens is 238 g/mol. The Bertz CT molecular complexity index is 483. The second kappa shape index (κ2) is 4.42. The van der Waals surface area contributed by atoms with Crippen LogP contribution in [0.2, 0.25) is 0 Å². The third kappa shape index (κ3) is 2.24. The van der Waals surface area contributed by atoms with Crippen molar-refractivity contribution < 1.29 is 8.42 Å². The van der Waals surface area contributed by atoms with E-state index in [2.05, 4.69) is 10.2 Å². The lowest BCUT2D eigenvalue weighted by Crippen LogP contribution is -2.34. The van der Waals surface area contributed by atoms with Crippen molar-refractivity contribution >= 4 is 10.0 Å². The average molecular weight is 257 g/mol. The largest absolute Gasteiger partial charge is 0.281 e. The molecule has 0 aromatic carbocycles. The van der Waals surface area contributed by atoms with Crippen molar-refractivity contribution in [1.82, 2.24) is 14.5 Å². The molecule has 1 aromatic rings. The van der Waals surface area contributed by atoms with E-state index >= 15 is 0 Å². The highest BCUT2D eigenvalue weighted by Crippen LogP contribution is 2.29. The molecule has 0 amide bonds. The van der Waals surface area contributed by atoms with Crippen molar-refractivity contribution in [3.8, 4) is 0 Å². The first-order valence-electron chi connectivity index (χ1n) is 5.91. The molecule has 0 atom stereocenters. The maximum atomic E-state index is 12.4. The van der Waals surface area contributed by atoms with Gasteiger partial charge in [0.15, 0.2) is 0 Å². The molecule has 0 aliphatic heterocycles. The lowest BCUT2D eigenvalue weighted by atomic mass is 9.86. The Morgan fingerprint density at radius 3 is 2.47 bits per heavy atom. The molecule has 5 nitrogen and oxygen atoms in total. The summed E-state index contributed by atoms with van der Waals surface area (Å²) in [6.07, 6.45) is 3.51. The number of aromatic amines is 1. The smallest absolute Gasteiger partial charge is 0.246 e. The summed E-state index contributed by atoms with van der Waals surface area (Å²) >= 11 is 0. The van der Waals surface area contributed by atoms with E-state index in [9.17, 15) is 8.42 Å². The van der Waals surface area contributed by atoms with Gasteiger partial charge in [-0.1, -0.05) is 6.42 Å². The van der Waals surface area contributed by atoms with Crippen LogP contribution in [0.3, 0.4) is 0 Å². The van der Waals surface area contributed by atoms with Gasteiger partial charge in [-0.25, -0.2) is 12.7 Å². The fraction of sp³-hybridized carbons (Fsp3) is 0.727. The number of aromatic nitrogens is 2. The van der Waals surface area contributed by atoms with E-state index in [1.165, 1.54) is 10.7 Å². The average Bonchev–Trinajstić information content (AvgIpc) is 2.52. The number of aryl methyl sites for hydroxylation is 2. The molecule has 1 fully saturated rings. The number of sulfonamides is 1. The second-order valence-corrected chi connectivity index (χ2v) is 6.83. The van der Waals surface area contributed by atoms with Crippen LogP contribution in [0.5, 0.6) is 0 Å². The van der Waals surface area contributed by atoms with E-state index in [0.29, 0.717) is 28.7 Å². The maximum absolute atomic E-state index is 12.4. The summed E-state index contributed by atoms with van der Waals surface area (Å²) in [4.78, 5) is 0.333. The summed E-state index contributed by atoms with van der Waals surface area (Å²) in [5.74, 6) is 0.530. The van der Waals surface area contributed by atoms with Gasteiger partial charge in [0, 0.05) is 13.6 Å². The normalized spacial score (nSPS) is 17.4. The Labute approximate surface area is 102 Å². The minimum atomic E-state index is -3.39. The van der Waals surface area contributed by atoms with Crippen molar-refractivity contribution in [3.05, 3.63) is 11.4 Å². The molecule has 0 bridgehead atoms. The van der Waals surface area contributed by atoms with E-state index in [1.807, 2.05) is 0 Å². The summed E-state index contributed by atoms with van der Waals surface area (Å²) in [5.41, 5.74) is 1.16. The van der Waals surface area contributed by atoms with Crippen LogP contribution in [0.1, 0.15) is 30.7 Å². The number of nitrogens with zero attached hydrogens (tertiary/aromatic N) is 2. The standard InChI is InChI=1S/C11H19N3O2S/c1-8-11(9(2)13-12-8)17(15,16)14(3)7-10-5-4-6-10/h10H,4-7H2,1-3H3,(H,12,13). The van der Waals surface area contributed by atoms with Gasteiger partial charge in [-0.05, 0) is 32.6 Å². The van der Waals surface area contributed by atoms with Gasteiger partial charge in [0.1, 0.15) is 4.90 Å². The zero-order valence-electron chi connectivity index (χ0n) is 10.5. The van der Waals surface area contributed by atoms with Crippen molar-refractivity contribution in [1.29, 1.82) is 0 Å². The van der Waals surface area contributed by atoms with Crippen LogP contribution < -0.4 is 0 Å². The molecule has 1 N–H and O–H groups in total. The van der Waals surface area contributed by atoms with Gasteiger partial charge in [-0.2, -0.15) is 5.10 Å². The Kier molecular flexibility index (Phi) is 3.27. The molecule has 0 radical (unpaired) electrons. The van der Waals surface area contributed by atoms with Crippen molar-refractivity contribution in [2.75, 3.05) is 13.6 Å². The van der Waals surface area contributed by atoms with Crippen LogP contribution in [0.15, 0.2) is 4.90 Å². The first-order valence-corrected chi connectivity index (χ1v) is 7.35. The first kappa shape index (κ1) is 12.6. The third-order valence-electron chi connectivity index (χ3n) is 3.47. The minimum Gasteiger partial charge on any atom is -0.281 e. The van der Waals surface area contributed by atoms with E-state index in [1.54, 1.807) is 20.9 Å². The molecule has 1 aliphatic rings. The Hall–Kier alpha value is -0.880. The molecule has 96 valence electrons. The molecular formula is C11H19N3O2S. The Morgan fingerprint density at radius 2 is 2.06 bits per heavy atom. The molecule has 6 heteroatoms. The van der Waals surface area contributed by atoms with Crippen molar-refractivity contribution in [2.24, 2.45) is 5.92 Å². The van der Waals surface area contributed by atoms with Crippen LogP contribution in [0.25, 0.3) is 0 Å². The van der Waals surface area contributed by atoms with Gasteiger partial charge in [-0.3, -0.25) is 5.10 Å². The van der Waals surface area contributed by atoms with Crippen molar-refractivity contribution in [3.63, 3.8) is 0 Å². The predicted molar refractivity (Wildman–Crippen MR) is 65.2 cm³/mol. The molecule has 0 unspecified atom stereocenters. The summed E-state index contributed by atoms with van der Waals surface area (Å²) in [7, 11) is -1.74. The predicted octanol–water partition coefficient (Wildman–Crippen LogP) is 1.45. The Morgan fingerprint density at radius 1 is 1.41 bits per heavy atom. The maximum Gasteiger partial charge on any atom is 0.246 e. The van der Waals surface area contributed by atoms with E-state index in [0.717, 1.165) is 12.8 Å². The highest BCUT2D eigenvalue weighted by Gasteiger charge is 2.30. The molecule has 1 saturated carbocycles. The summed E-state index contributed by atoms with van der Waals surface area (Å²) in [5, 5.41) is 6.67. The van der Waals surface area contributed by atoms with Crippen LogP contribution in [-0.2, 0) is 10.0 Å².